The van der Waals surface area contributed by atoms with Crippen LogP contribution >= 0.6 is 11.8 Å². The number of nitrogens with one attached hydrogen (secondary N) is 1. The Morgan fingerprint density at radius 3 is 2.56 bits per heavy atom. The Labute approximate surface area is 101 Å². The van der Waals surface area contributed by atoms with Crippen LogP contribution in [-0.4, -0.2) is 17.7 Å². The van der Waals surface area contributed by atoms with Crippen LogP contribution in [0, 0.1) is 0 Å². The summed E-state index contributed by atoms with van der Waals surface area (Å²) in [6.45, 7) is 3.52. The Morgan fingerprint density at radius 1 is 1.44 bits per heavy atom. The number of rotatable bonds is 5. The van der Waals surface area contributed by atoms with Gasteiger partial charge in [-0.25, -0.2) is 0 Å². The van der Waals surface area contributed by atoms with E-state index in [0.29, 0.717) is 0 Å². The van der Waals surface area contributed by atoms with Crippen molar-refractivity contribution in [2.24, 2.45) is 5.73 Å². The number of nitrogens with two attached hydrogens (primary N) is 1. The highest BCUT2D eigenvalue weighted by molar-refractivity contribution is 7.99. The van der Waals surface area contributed by atoms with E-state index in [1.54, 1.807) is 11.8 Å². The average Bonchev–Trinajstić information content (AvgIpc) is 2.19. The first-order chi connectivity index (χ1) is 7.58. The number of anilines is 1. The Kier molecular flexibility index (Phi) is 5.35. The molecule has 0 spiro atoms. The van der Waals surface area contributed by atoms with Gasteiger partial charge in [0.05, 0.1) is 0 Å². The first-order valence-electron chi connectivity index (χ1n) is 5.34. The second kappa shape index (κ2) is 6.55. The zero-order chi connectivity index (χ0) is 12.0. The van der Waals surface area contributed by atoms with Gasteiger partial charge < -0.3 is 11.1 Å². The molecule has 1 aromatic rings. The lowest BCUT2D eigenvalue weighted by Gasteiger charge is -2.06. The van der Waals surface area contributed by atoms with Crippen molar-refractivity contribution in [3.8, 4) is 0 Å². The molecule has 0 fully saturated rings. The maximum Gasteiger partial charge on any atom is 0.221 e. The summed E-state index contributed by atoms with van der Waals surface area (Å²) in [6.07, 6.45) is 1.01. The number of hydrogen-bond donors (Lipinski definition) is 2. The van der Waals surface area contributed by atoms with Crippen molar-refractivity contribution in [1.82, 2.24) is 0 Å². The van der Waals surface area contributed by atoms with Gasteiger partial charge in [-0.1, -0.05) is 0 Å². The minimum atomic E-state index is -0.0441. The van der Waals surface area contributed by atoms with Gasteiger partial charge in [0.1, 0.15) is 0 Å². The normalized spacial score (nSPS) is 12.2. The van der Waals surface area contributed by atoms with Crippen molar-refractivity contribution >= 4 is 23.4 Å². The minimum Gasteiger partial charge on any atom is -0.328 e. The molecule has 16 heavy (non-hydrogen) atoms. The summed E-state index contributed by atoms with van der Waals surface area (Å²) < 4.78 is 0. The lowest BCUT2D eigenvalue weighted by Crippen LogP contribution is -2.15. The summed E-state index contributed by atoms with van der Waals surface area (Å²) in [7, 11) is 0. The zero-order valence-corrected chi connectivity index (χ0v) is 10.5. The van der Waals surface area contributed by atoms with Crippen LogP contribution in [0.2, 0.25) is 0 Å². The molecular weight excluding hydrogens is 220 g/mol. The van der Waals surface area contributed by atoms with E-state index < -0.39 is 0 Å². The molecule has 0 aliphatic heterocycles. The molecule has 0 aliphatic rings. The standard InChI is InChI=1S/C12H18N2OS/c1-9(13)7-8-16-12-5-3-11(4-6-12)14-10(2)15/h3-6,9H,7-8,13H2,1-2H3,(H,14,15). The van der Waals surface area contributed by atoms with Gasteiger partial charge in [0.15, 0.2) is 0 Å². The molecule has 3 N–H and O–H groups in total. The van der Waals surface area contributed by atoms with E-state index in [1.807, 2.05) is 31.2 Å². The van der Waals surface area contributed by atoms with Crippen LogP contribution in [0.1, 0.15) is 20.3 Å². The number of amides is 1. The van der Waals surface area contributed by atoms with E-state index in [-0.39, 0.29) is 11.9 Å². The molecule has 1 aromatic carbocycles. The second-order valence-corrected chi connectivity index (χ2v) is 4.99. The quantitative estimate of drug-likeness (QED) is 0.775. The first-order valence-corrected chi connectivity index (χ1v) is 6.32. The highest BCUT2D eigenvalue weighted by Crippen LogP contribution is 2.21. The summed E-state index contributed by atoms with van der Waals surface area (Å²) >= 11 is 1.78. The third kappa shape index (κ3) is 5.19. The van der Waals surface area contributed by atoms with E-state index in [0.717, 1.165) is 17.9 Å². The molecule has 1 unspecified atom stereocenters. The van der Waals surface area contributed by atoms with Crippen LogP contribution in [0.3, 0.4) is 0 Å². The zero-order valence-electron chi connectivity index (χ0n) is 9.69. The third-order valence-corrected chi connectivity index (χ3v) is 3.06. The van der Waals surface area contributed by atoms with Gasteiger partial charge in [-0.3, -0.25) is 4.79 Å². The van der Waals surface area contributed by atoms with Crippen LogP contribution in [0.4, 0.5) is 5.69 Å². The SMILES string of the molecule is CC(=O)Nc1ccc(SCCC(C)N)cc1. The van der Waals surface area contributed by atoms with E-state index in [4.69, 9.17) is 5.73 Å². The second-order valence-electron chi connectivity index (χ2n) is 3.82. The minimum absolute atomic E-state index is 0.0441. The number of thioether (sulfide) groups is 1. The Balaban J connectivity index is 2.42. The molecule has 0 saturated carbocycles. The molecule has 88 valence electrons. The molecular formula is C12H18N2OS. The summed E-state index contributed by atoms with van der Waals surface area (Å²) in [5.41, 5.74) is 6.51. The van der Waals surface area contributed by atoms with E-state index >= 15 is 0 Å². The fourth-order valence-corrected chi connectivity index (χ4v) is 2.25. The van der Waals surface area contributed by atoms with Crippen molar-refractivity contribution in [3.63, 3.8) is 0 Å². The third-order valence-electron chi connectivity index (χ3n) is 2.02. The molecule has 0 aromatic heterocycles. The van der Waals surface area contributed by atoms with E-state index in [1.165, 1.54) is 11.8 Å². The molecule has 0 saturated heterocycles. The number of carbonyl (C=O) groups is 1. The Morgan fingerprint density at radius 2 is 2.06 bits per heavy atom. The van der Waals surface area contributed by atoms with Gasteiger partial charge in [0.2, 0.25) is 5.91 Å². The predicted molar refractivity (Wildman–Crippen MR) is 69.7 cm³/mol. The molecule has 4 heteroatoms. The van der Waals surface area contributed by atoms with Gasteiger partial charge in [-0.05, 0) is 43.4 Å². The van der Waals surface area contributed by atoms with Gasteiger partial charge in [-0.15, -0.1) is 11.8 Å². The van der Waals surface area contributed by atoms with E-state index in [9.17, 15) is 4.79 Å². The maximum absolute atomic E-state index is 10.8. The van der Waals surface area contributed by atoms with Crippen molar-refractivity contribution in [2.45, 2.75) is 31.2 Å². The predicted octanol–water partition coefficient (Wildman–Crippen LogP) is 2.47. The fourth-order valence-electron chi connectivity index (χ4n) is 1.20. The summed E-state index contributed by atoms with van der Waals surface area (Å²) in [6, 6.07) is 8.10. The van der Waals surface area contributed by atoms with Crippen LogP contribution in [0.25, 0.3) is 0 Å². The maximum atomic E-state index is 10.8. The van der Waals surface area contributed by atoms with Gasteiger partial charge in [0.25, 0.3) is 0 Å². The molecule has 0 bridgehead atoms. The van der Waals surface area contributed by atoms with Crippen LogP contribution < -0.4 is 11.1 Å². The molecule has 3 nitrogen and oxygen atoms in total. The highest BCUT2D eigenvalue weighted by Gasteiger charge is 1.98. The van der Waals surface area contributed by atoms with Gasteiger partial charge in [0, 0.05) is 23.5 Å². The molecule has 1 atom stereocenters. The van der Waals surface area contributed by atoms with Gasteiger partial charge in [-0.2, -0.15) is 0 Å². The number of benzene rings is 1. The summed E-state index contributed by atoms with van der Waals surface area (Å²) in [5.74, 6) is 0.981. The largest absolute Gasteiger partial charge is 0.328 e. The molecule has 0 heterocycles. The monoisotopic (exact) mass is 238 g/mol. The Hall–Kier alpha value is -1.00. The van der Waals surface area contributed by atoms with Gasteiger partial charge >= 0.3 is 0 Å². The van der Waals surface area contributed by atoms with Crippen molar-refractivity contribution in [1.29, 1.82) is 0 Å². The van der Waals surface area contributed by atoms with E-state index in [2.05, 4.69) is 5.32 Å². The summed E-state index contributed by atoms with van der Waals surface area (Å²) in [4.78, 5) is 12.0. The number of carbonyl (C=O) groups excluding carboxylic acids is 1. The smallest absolute Gasteiger partial charge is 0.221 e. The van der Waals surface area contributed by atoms with Crippen LogP contribution in [0.5, 0.6) is 0 Å². The number of hydrogen-bond acceptors (Lipinski definition) is 3. The van der Waals surface area contributed by atoms with Crippen molar-refractivity contribution in [3.05, 3.63) is 24.3 Å². The van der Waals surface area contributed by atoms with Crippen LogP contribution in [-0.2, 0) is 4.79 Å². The molecule has 0 radical (unpaired) electrons. The first kappa shape index (κ1) is 13.1. The lowest BCUT2D eigenvalue weighted by molar-refractivity contribution is -0.114. The fraction of sp³-hybridized carbons (Fsp3) is 0.417. The van der Waals surface area contributed by atoms with Crippen molar-refractivity contribution < 1.29 is 4.79 Å². The highest BCUT2D eigenvalue weighted by atomic mass is 32.2. The van der Waals surface area contributed by atoms with Crippen molar-refractivity contribution in [2.75, 3.05) is 11.1 Å². The molecule has 0 aliphatic carbocycles. The molecule has 1 amide bonds. The molecule has 1 rings (SSSR count). The average molecular weight is 238 g/mol. The topological polar surface area (TPSA) is 55.1 Å². The lowest BCUT2D eigenvalue weighted by atomic mass is 10.3. The van der Waals surface area contributed by atoms with Crippen LogP contribution in [0.15, 0.2) is 29.2 Å². The summed E-state index contributed by atoms with van der Waals surface area (Å²) in [5, 5.41) is 2.74. The Bertz CT molecular complexity index is 335.